The average Bonchev–Trinajstić information content (AvgIpc) is 3.16. The van der Waals surface area contributed by atoms with Crippen molar-refractivity contribution in [2.24, 2.45) is 4.99 Å². The Kier molecular flexibility index (Phi) is 9.44. The molecule has 0 aliphatic carbocycles. The molecule has 2 aliphatic heterocycles. The van der Waals surface area contributed by atoms with E-state index in [0.717, 1.165) is 23.0 Å². The Hall–Kier alpha value is -1.31. The third-order valence-electron chi connectivity index (χ3n) is 4.82. The summed E-state index contributed by atoms with van der Waals surface area (Å²) in [6.07, 6.45) is 0.0289. The van der Waals surface area contributed by atoms with Crippen molar-refractivity contribution in [3.05, 3.63) is 23.8 Å². The van der Waals surface area contributed by atoms with Crippen LogP contribution in [-0.4, -0.2) is 82.1 Å². The van der Waals surface area contributed by atoms with E-state index in [1.165, 1.54) is 4.31 Å². The molecule has 2 heterocycles. The van der Waals surface area contributed by atoms with E-state index in [1.54, 1.807) is 7.05 Å². The van der Waals surface area contributed by atoms with Crippen molar-refractivity contribution in [1.29, 1.82) is 0 Å². The van der Waals surface area contributed by atoms with Crippen LogP contribution in [0.1, 0.15) is 19.4 Å². The van der Waals surface area contributed by atoms with E-state index in [9.17, 15) is 8.42 Å². The first kappa shape index (κ1) is 25.0. The maximum Gasteiger partial charge on any atom is 0.231 e. The van der Waals surface area contributed by atoms with Crippen molar-refractivity contribution >= 4 is 40.0 Å². The molecule has 0 spiro atoms. The van der Waals surface area contributed by atoms with Gasteiger partial charge in [0.2, 0.25) is 16.8 Å². The van der Waals surface area contributed by atoms with Crippen LogP contribution in [-0.2, 0) is 21.3 Å². The van der Waals surface area contributed by atoms with E-state index in [1.807, 2.05) is 32.0 Å². The number of sulfonamides is 1. The number of piperazine rings is 1. The average molecular weight is 554 g/mol. The second-order valence-corrected chi connectivity index (χ2v) is 9.30. The summed E-state index contributed by atoms with van der Waals surface area (Å²) in [5.74, 6) is 2.28. The lowest BCUT2D eigenvalue weighted by Gasteiger charge is -2.35. The highest BCUT2D eigenvalue weighted by Gasteiger charge is 2.28. The largest absolute Gasteiger partial charge is 0.454 e. The number of nitrogens with zero attached hydrogens (tertiary/aromatic N) is 3. The van der Waals surface area contributed by atoms with Gasteiger partial charge in [0.05, 0.1) is 18.5 Å². The molecule has 1 aromatic carbocycles. The summed E-state index contributed by atoms with van der Waals surface area (Å²) in [4.78, 5) is 6.42. The first-order chi connectivity index (χ1) is 13.9. The second-order valence-electron chi connectivity index (χ2n) is 7.21. The maximum atomic E-state index is 12.5. The standard InChI is InChI=1S/C19H30N4O5S.HI/c1-15(2)26-10-11-29(24,25)23-8-6-22(7-9-23)19(20-3)21-13-16-4-5-17-18(12-16)28-14-27-17;/h4-5,12,15H,6-11,13-14H2,1-3H3,(H,20,21);1H. The Bertz CT molecular complexity index is 826. The molecule has 0 unspecified atom stereocenters. The van der Waals surface area contributed by atoms with Crippen LogP contribution in [0, 0.1) is 0 Å². The highest BCUT2D eigenvalue weighted by molar-refractivity contribution is 14.0. The van der Waals surface area contributed by atoms with Crippen LogP contribution in [0.3, 0.4) is 0 Å². The van der Waals surface area contributed by atoms with Crippen LogP contribution < -0.4 is 14.8 Å². The number of hydrogen-bond acceptors (Lipinski definition) is 6. The summed E-state index contributed by atoms with van der Waals surface area (Å²) in [6, 6.07) is 5.83. The number of rotatable bonds is 7. The van der Waals surface area contributed by atoms with Gasteiger partial charge in [0, 0.05) is 39.8 Å². The molecule has 2 aliphatic rings. The van der Waals surface area contributed by atoms with Gasteiger partial charge in [-0.25, -0.2) is 8.42 Å². The molecule has 1 N–H and O–H groups in total. The number of guanidine groups is 1. The van der Waals surface area contributed by atoms with Crippen molar-refractivity contribution in [3.63, 3.8) is 0 Å². The van der Waals surface area contributed by atoms with Gasteiger partial charge in [-0.2, -0.15) is 4.31 Å². The van der Waals surface area contributed by atoms with Gasteiger partial charge in [-0.3, -0.25) is 4.99 Å². The van der Waals surface area contributed by atoms with Gasteiger partial charge in [-0.1, -0.05) is 6.07 Å². The zero-order valence-electron chi connectivity index (χ0n) is 17.7. The van der Waals surface area contributed by atoms with Crippen LogP contribution in [0.5, 0.6) is 11.5 Å². The SMILES string of the molecule is CN=C(NCc1ccc2c(c1)OCO2)N1CCN(S(=O)(=O)CCOC(C)C)CC1.I. The Morgan fingerprint density at radius 3 is 2.57 bits per heavy atom. The lowest BCUT2D eigenvalue weighted by Crippen LogP contribution is -2.54. The van der Waals surface area contributed by atoms with Gasteiger partial charge in [-0.15, -0.1) is 24.0 Å². The molecule has 1 saturated heterocycles. The van der Waals surface area contributed by atoms with Gasteiger partial charge in [0.15, 0.2) is 17.5 Å². The van der Waals surface area contributed by atoms with Crippen LogP contribution in [0.4, 0.5) is 0 Å². The number of fused-ring (bicyclic) bond motifs is 1. The smallest absolute Gasteiger partial charge is 0.231 e. The van der Waals surface area contributed by atoms with Gasteiger partial charge >= 0.3 is 0 Å². The Morgan fingerprint density at radius 2 is 1.90 bits per heavy atom. The summed E-state index contributed by atoms with van der Waals surface area (Å²) in [5.41, 5.74) is 1.06. The van der Waals surface area contributed by atoms with Crippen LogP contribution in [0.25, 0.3) is 0 Å². The molecule has 30 heavy (non-hydrogen) atoms. The molecule has 11 heteroatoms. The number of ether oxygens (including phenoxy) is 3. The molecular formula is C19H31IN4O5S. The number of nitrogens with one attached hydrogen (secondary N) is 1. The molecule has 0 amide bonds. The molecule has 170 valence electrons. The van der Waals surface area contributed by atoms with E-state index in [2.05, 4.69) is 15.2 Å². The third-order valence-corrected chi connectivity index (χ3v) is 6.66. The predicted molar refractivity (Wildman–Crippen MR) is 126 cm³/mol. The molecule has 1 aromatic rings. The van der Waals surface area contributed by atoms with E-state index in [-0.39, 0.29) is 49.2 Å². The zero-order chi connectivity index (χ0) is 20.9. The Labute approximate surface area is 195 Å². The number of halogens is 1. The fraction of sp³-hybridized carbons (Fsp3) is 0.632. The fourth-order valence-corrected chi connectivity index (χ4v) is 4.55. The number of hydrogen-bond donors (Lipinski definition) is 1. The van der Waals surface area contributed by atoms with Crippen LogP contribution >= 0.6 is 24.0 Å². The molecule has 0 bridgehead atoms. The van der Waals surface area contributed by atoms with Crippen molar-refractivity contribution < 1.29 is 22.6 Å². The topological polar surface area (TPSA) is 92.7 Å². The molecule has 0 saturated carbocycles. The minimum Gasteiger partial charge on any atom is -0.454 e. The molecule has 1 fully saturated rings. The Morgan fingerprint density at radius 1 is 1.20 bits per heavy atom. The van der Waals surface area contributed by atoms with Gasteiger partial charge in [0.1, 0.15) is 0 Å². The van der Waals surface area contributed by atoms with Gasteiger partial charge in [0.25, 0.3) is 0 Å². The van der Waals surface area contributed by atoms with Crippen molar-refractivity contribution in [3.8, 4) is 11.5 Å². The second kappa shape index (κ2) is 11.3. The normalized spacial score (nSPS) is 17.2. The van der Waals surface area contributed by atoms with Crippen LogP contribution in [0.2, 0.25) is 0 Å². The van der Waals surface area contributed by atoms with Gasteiger partial charge in [-0.05, 0) is 31.5 Å². The molecule has 9 nitrogen and oxygen atoms in total. The van der Waals surface area contributed by atoms with E-state index < -0.39 is 10.0 Å². The van der Waals surface area contributed by atoms with Crippen molar-refractivity contribution in [1.82, 2.24) is 14.5 Å². The number of benzene rings is 1. The first-order valence-electron chi connectivity index (χ1n) is 9.82. The third kappa shape index (κ3) is 6.59. The molecule has 0 radical (unpaired) electrons. The van der Waals surface area contributed by atoms with E-state index in [4.69, 9.17) is 14.2 Å². The molecular weight excluding hydrogens is 523 g/mol. The minimum atomic E-state index is -3.30. The molecule has 0 aromatic heterocycles. The number of aliphatic imine (C=N–C) groups is 1. The lowest BCUT2D eigenvalue weighted by molar-refractivity contribution is 0.0904. The lowest BCUT2D eigenvalue weighted by atomic mass is 10.2. The molecule has 0 atom stereocenters. The van der Waals surface area contributed by atoms with Crippen LogP contribution in [0.15, 0.2) is 23.2 Å². The van der Waals surface area contributed by atoms with Gasteiger partial charge < -0.3 is 24.4 Å². The van der Waals surface area contributed by atoms with Crippen molar-refractivity contribution in [2.45, 2.75) is 26.5 Å². The minimum absolute atomic E-state index is 0. The fourth-order valence-electron chi connectivity index (χ4n) is 3.26. The highest BCUT2D eigenvalue weighted by Crippen LogP contribution is 2.32. The summed E-state index contributed by atoms with van der Waals surface area (Å²) >= 11 is 0. The molecule has 3 rings (SSSR count). The summed E-state index contributed by atoms with van der Waals surface area (Å²) in [6.45, 7) is 6.92. The van der Waals surface area contributed by atoms with E-state index in [0.29, 0.717) is 32.7 Å². The monoisotopic (exact) mass is 554 g/mol. The van der Waals surface area contributed by atoms with E-state index >= 15 is 0 Å². The summed E-state index contributed by atoms with van der Waals surface area (Å²) in [7, 11) is -1.57. The first-order valence-corrected chi connectivity index (χ1v) is 11.4. The Balaban J connectivity index is 0.00000320. The zero-order valence-corrected chi connectivity index (χ0v) is 20.8. The summed E-state index contributed by atoms with van der Waals surface area (Å²) < 4.78 is 42.6. The highest BCUT2D eigenvalue weighted by atomic mass is 127. The maximum absolute atomic E-state index is 12.5. The summed E-state index contributed by atoms with van der Waals surface area (Å²) in [5, 5.41) is 3.34. The quantitative estimate of drug-likeness (QED) is 0.310. The van der Waals surface area contributed by atoms with Crippen molar-refractivity contribution in [2.75, 3.05) is 52.4 Å². The predicted octanol–water partition coefficient (Wildman–Crippen LogP) is 1.48.